The van der Waals surface area contributed by atoms with E-state index in [2.05, 4.69) is 10.6 Å². The van der Waals surface area contributed by atoms with Crippen LogP contribution in [0.25, 0.3) is 33.4 Å². The Morgan fingerprint density at radius 1 is 0.907 bits per heavy atom. The highest BCUT2D eigenvalue weighted by Gasteiger charge is 2.39. The average molecular weight is 587 g/mol. The van der Waals surface area contributed by atoms with Crippen molar-refractivity contribution < 1.29 is 38.5 Å². The Morgan fingerprint density at radius 2 is 1.70 bits per heavy atom. The van der Waals surface area contributed by atoms with Gasteiger partial charge in [0.15, 0.2) is 11.5 Å². The van der Waals surface area contributed by atoms with E-state index in [1.54, 1.807) is 31.2 Å². The number of hydrogen-bond acceptors (Lipinski definition) is 8. The van der Waals surface area contributed by atoms with Crippen molar-refractivity contribution in [3.8, 4) is 28.2 Å². The summed E-state index contributed by atoms with van der Waals surface area (Å²) < 4.78 is 10.7. The fraction of sp³-hybridized carbons (Fsp3) is 0.281. The minimum Gasteiger partial charge on any atom is -0.508 e. The van der Waals surface area contributed by atoms with Crippen LogP contribution in [0.3, 0.4) is 0 Å². The molecule has 4 N–H and O–H groups in total. The third-order valence-electron chi connectivity index (χ3n) is 7.37. The molecule has 2 unspecified atom stereocenters. The Hall–Kier alpha value is -5.19. The van der Waals surface area contributed by atoms with Crippen LogP contribution in [0, 0.1) is 0 Å². The molecule has 2 heterocycles. The molecule has 0 bridgehead atoms. The van der Waals surface area contributed by atoms with Gasteiger partial charge in [0.25, 0.3) is 0 Å². The number of carbonyl (C=O) groups excluding carboxylic acids is 3. The van der Waals surface area contributed by atoms with E-state index in [9.17, 15) is 34.2 Å². The highest BCUT2D eigenvalue weighted by atomic mass is 16.6. The number of cyclic esters (lactones) is 1. The van der Waals surface area contributed by atoms with E-state index in [0.717, 1.165) is 0 Å². The summed E-state index contributed by atoms with van der Waals surface area (Å²) in [5.74, 6) is -1.89. The normalized spacial score (nSPS) is 16.0. The molecule has 11 nitrogen and oxygen atoms in total. The van der Waals surface area contributed by atoms with Crippen molar-refractivity contribution in [1.29, 1.82) is 0 Å². The maximum Gasteiger partial charge on any atom is 0.336 e. The number of ether oxygens (including phenoxy) is 1. The van der Waals surface area contributed by atoms with E-state index < -0.39 is 18.0 Å². The van der Waals surface area contributed by atoms with Crippen molar-refractivity contribution in [2.75, 3.05) is 6.54 Å². The van der Waals surface area contributed by atoms with Gasteiger partial charge >= 0.3 is 11.9 Å². The molecule has 1 aliphatic carbocycles. The number of aromatic hydroxyl groups is 1. The summed E-state index contributed by atoms with van der Waals surface area (Å²) in [6.45, 7) is 2.11. The molecule has 43 heavy (non-hydrogen) atoms. The lowest BCUT2D eigenvalue weighted by Gasteiger charge is -2.32. The topological polar surface area (TPSA) is 172 Å². The number of fused-ring (bicyclic) bond motifs is 2. The van der Waals surface area contributed by atoms with Crippen LogP contribution >= 0.6 is 0 Å². The fourth-order valence-electron chi connectivity index (χ4n) is 5.17. The number of rotatable bonds is 11. The Labute approximate surface area is 245 Å². The van der Waals surface area contributed by atoms with Crippen LogP contribution in [0.1, 0.15) is 48.5 Å². The molecule has 0 radical (unpaired) electrons. The Morgan fingerprint density at radius 3 is 2.44 bits per heavy atom. The Balaban J connectivity index is 1.23. The zero-order valence-electron chi connectivity index (χ0n) is 23.3. The quantitative estimate of drug-likeness (QED) is 0.116. The molecular formula is C32H30N2O9. The van der Waals surface area contributed by atoms with Crippen LogP contribution in [-0.2, 0) is 25.5 Å². The van der Waals surface area contributed by atoms with E-state index in [4.69, 9.17) is 9.15 Å². The third-order valence-corrected chi connectivity index (χ3v) is 7.37. The van der Waals surface area contributed by atoms with Crippen LogP contribution in [0.2, 0.25) is 0 Å². The predicted octanol–water partition coefficient (Wildman–Crippen LogP) is 3.62. The number of unbranched alkanes of at least 4 members (excludes halogenated alkanes) is 2. The molecule has 1 fully saturated rings. The first-order valence-electron chi connectivity index (χ1n) is 13.9. The number of benzene rings is 3. The molecule has 0 saturated carbocycles. The van der Waals surface area contributed by atoms with Crippen LogP contribution in [0.5, 0.6) is 5.75 Å². The second kappa shape index (κ2) is 12.4. The Kier molecular flexibility index (Phi) is 8.42. The number of phenols is 1. The average Bonchev–Trinajstić information content (AvgIpc) is 2.96. The first-order valence-corrected chi connectivity index (χ1v) is 13.9. The minimum absolute atomic E-state index is 0.0267. The van der Waals surface area contributed by atoms with Gasteiger partial charge in [-0.2, -0.15) is 0 Å². The molecular weight excluding hydrogens is 556 g/mol. The van der Waals surface area contributed by atoms with Crippen molar-refractivity contribution >= 4 is 34.7 Å². The van der Waals surface area contributed by atoms with Crippen molar-refractivity contribution in [3.63, 3.8) is 0 Å². The van der Waals surface area contributed by atoms with E-state index in [-0.39, 0.29) is 58.8 Å². The lowest BCUT2D eigenvalue weighted by atomic mass is 9.89. The summed E-state index contributed by atoms with van der Waals surface area (Å²) in [4.78, 5) is 60.3. The van der Waals surface area contributed by atoms with Crippen molar-refractivity contribution in [2.45, 2.75) is 51.2 Å². The van der Waals surface area contributed by atoms with E-state index >= 15 is 0 Å². The predicted molar refractivity (Wildman–Crippen MR) is 156 cm³/mol. The van der Waals surface area contributed by atoms with Gasteiger partial charge in [0.05, 0.1) is 12.0 Å². The molecule has 1 saturated heterocycles. The summed E-state index contributed by atoms with van der Waals surface area (Å²) >= 11 is 0. The second-order valence-electron chi connectivity index (χ2n) is 10.5. The highest BCUT2D eigenvalue weighted by molar-refractivity contribution is 6.07. The van der Waals surface area contributed by atoms with Crippen LogP contribution in [-0.4, -0.2) is 52.7 Å². The lowest BCUT2D eigenvalue weighted by molar-refractivity contribution is -0.176. The van der Waals surface area contributed by atoms with Crippen molar-refractivity contribution in [2.24, 2.45) is 0 Å². The summed E-state index contributed by atoms with van der Waals surface area (Å²) in [5, 5.41) is 26.1. The molecule has 11 heteroatoms. The molecule has 2 aromatic rings. The summed E-state index contributed by atoms with van der Waals surface area (Å²) in [5.41, 5.74) is 1.92. The number of phenolic OH excluding ortho intramolecular Hbond substituents is 1. The lowest BCUT2D eigenvalue weighted by Crippen LogP contribution is -2.58. The number of carboxylic acid groups (broad SMARTS) is 1. The number of amides is 2. The molecule has 5 rings (SSSR count). The Bertz CT molecular complexity index is 1760. The molecule has 2 amide bonds. The van der Waals surface area contributed by atoms with Crippen molar-refractivity contribution in [1.82, 2.24) is 10.6 Å². The summed E-state index contributed by atoms with van der Waals surface area (Å²) in [7, 11) is 0. The number of aromatic carboxylic acids is 1. The maximum absolute atomic E-state index is 12.6. The van der Waals surface area contributed by atoms with Crippen LogP contribution < -0.4 is 16.1 Å². The summed E-state index contributed by atoms with van der Waals surface area (Å²) in [6, 6.07) is 12.9. The van der Waals surface area contributed by atoms with Gasteiger partial charge in [-0.3, -0.25) is 14.4 Å². The van der Waals surface area contributed by atoms with Gasteiger partial charge in [0, 0.05) is 41.6 Å². The molecule has 222 valence electrons. The second-order valence-corrected chi connectivity index (χ2v) is 10.5. The van der Waals surface area contributed by atoms with E-state index in [0.29, 0.717) is 53.4 Å². The standard InChI is InChI=1S/C32H30N2O9/c1-17-30(32(41)42-17)34-27(37)5-3-2-4-12-33-28(38)14-18-6-9-21(24(13-18)31(39)40)29-22-10-7-19(35)15-25(22)43-26-16-20(36)8-11-23(26)29/h6-11,13,15-17,30,35H,2-5,12,14H2,1H3,(H,33,38)(H,34,37)(H,39,40). The monoisotopic (exact) mass is 586 g/mol. The van der Waals surface area contributed by atoms with Gasteiger partial charge in [0.1, 0.15) is 23.2 Å². The molecule has 3 aliphatic rings. The van der Waals surface area contributed by atoms with Crippen LogP contribution in [0.4, 0.5) is 0 Å². The molecule has 2 atom stereocenters. The highest BCUT2D eigenvalue weighted by Crippen LogP contribution is 2.42. The van der Waals surface area contributed by atoms with Gasteiger partial charge in [-0.15, -0.1) is 0 Å². The van der Waals surface area contributed by atoms with Gasteiger partial charge < -0.3 is 30.0 Å². The summed E-state index contributed by atoms with van der Waals surface area (Å²) in [6.07, 6.45) is 1.89. The molecule has 0 aromatic heterocycles. The smallest absolute Gasteiger partial charge is 0.336 e. The maximum atomic E-state index is 12.6. The largest absolute Gasteiger partial charge is 0.508 e. The zero-order valence-corrected chi connectivity index (χ0v) is 23.3. The minimum atomic E-state index is -1.19. The zero-order chi connectivity index (χ0) is 30.7. The number of carbonyl (C=O) groups is 4. The molecule has 0 spiro atoms. The molecule has 2 aromatic carbocycles. The van der Waals surface area contributed by atoms with E-state index in [1.165, 1.54) is 30.3 Å². The molecule has 2 aliphatic heterocycles. The number of esters is 1. The van der Waals surface area contributed by atoms with Gasteiger partial charge in [0.2, 0.25) is 11.8 Å². The number of carboxylic acids is 1. The number of hydrogen-bond donors (Lipinski definition) is 4. The SMILES string of the molecule is CC1OC(=O)C1NC(=O)CCCCCNC(=O)Cc1ccc(-c2c3ccc(=O)cc-3oc3cc(O)ccc23)c(C(=O)O)c1. The van der Waals surface area contributed by atoms with Crippen molar-refractivity contribution in [3.05, 3.63) is 75.9 Å². The van der Waals surface area contributed by atoms with Gasteiger partial charge in [-0.1, -0.05) is 18.6 Å². The fourth-order valence-corrected chi connectivity index (χ4v) is 5.17. The van der Waals surface area contributed by atoms with Gasteiger partial charge in [-0.05, 0) is 61.2 Å². The first kappa shape index (κ1) is 29.3. The number of nitrogens with one attached hydrogen (secondary N) is 2. The first-order chi connectivity index (χ1) is 20.6. The van der Waals surface area contributed by atoms with Gasteiger partial charge in [-0.25, -0.2) is 9.59 Å². The third kappa shape index (κ3) is 6.50. The van der Waals surface area contributed by atoms with Crippen LogP contribution in [0.15, 0.2) is 63.8 Å². The van der Waals surface area contributed by atoms with E-state index in [1.807, 2.05) is 0 Å².